The predicted molar refractivity (Wildman–Crippen MR) is 94.0 cm³/mol. The van der Waals surface area contributed by atoms with Gasteiger partial charge in [0.2, 0.25) is 0 Å². The summed E-state index contributed by atoms with van der Waals surface area (Å²) >= 11 is 11.9. The number of rotatable bonds is 5. The molecule has 1 aliphatic heterocycles. The molecule has 0 saturated heterocycles. The molecule has 134 valence electrons. The van der Waals surface area contributed by atoms with Crippen LogP contribution in [0.5, 0.6) is 0 Å². The van der Waals surface area contributed by atoms with E-state index in [9.17, 15) is 14.4 Å². The highest BCUT2D eigenvalue weighted by molar-refractivity contribution is 6.42. The van der Waals surface area contributed by atoms with Gasteiger partial charge in [0, 0.05) is 6.42 Å². The minimum atomic E-state index is -1.21. The highest BCUT2D eigenvalue weighted by atomic mass is 35.5. The molecule has 0 spiro atoms. The predicted octanol–water partition coefficient (Wildman–Crippen LogP) is 3.31. The number of nitrogens with zero attached hydrogens (tertiary/aromatic N) is 1. The van der Waals surface area contributed by atoms with E-state index in [-0.39, 0.29) is 17.5 Å². The van der Waals surface area contributed by atoms with Crippen molar-refractivity contribution in [3.63, 3.8) is 0 Å². The summed E-state index contributed by atoms with van der Waals surface area (Å²) in [5, 5.41) is 1.27. The quantitative estimate of drug-likeness (QED) is 0.575. The second-order valence-corrected chi connectivity index (χ2v) is 6.33. The molecule has 1 unspecified atom stereocenters. The standard InChI is InChI=1S/C18H13Cl2NO5/c1-25-18(24)15(9-10-6-7-13(19)14(20)8-10)26-21-16(22)11-4-2-3-5-12(11)17(21)23/h2-8,15H,9H2,1H3. The summed E-state index contributed by atoms with van der Waals surface area (Å²) in [5.41, 5.74) is 1.07. The van der Waals surface area contributed by atoms with Crippen LogP contribution in [-0.4, -0.2) is 36.1 Å². The van der Waals surface area contributed by atoms with Gasteiger partial charge < -0.3 is 4.74 Å². The van der Waals surface area contributed by atoms with Crippen molar-refractivity contribution in [2.75, 3.05) is 7.11 Å². The van der Waals surface area contributed by atoms with Gasteiger partial charge in [-0.25, -0.2) is 9.63 Å². The van der Waals surface area contributed by atoms with Gasteiger partial charge in [0.15, 0.2) is 6.10 Å². The van der Waals surface area contributed by atoms with E-state index in [4.69, 9.17) is 32.8 Å². The number of imide groups is 1. The summed E-state index contributed by atoms with van der Waals surface area (Å²) in [4.78, 5) is 42.3. The number of hydrogen-bond donors (Lipinski definition) is 0. The van der Waals surface area contributed by atoms with Gasteiger partial charge in [-0.1, -0.05) is 41.4 Å². The summed E-state index contributed by atoms with van der Waals surface area (Å²) in [6.07, 6.45) is -1.17. The number of carbonyl (C=O) groups excluding carboxylic acids is 3. The van der Waals surface area contributed by atoms with Crippen LogP contribution in [0.3, 0.4) is 0 Å². The van der Waals surface area contributed by atoms with Crippen LogP contribution in [0.25, 0.3) is 0 Å². The molecule has 2 aromatic rings. The summed E-state index contributed by atoms with van der Waals surface area (Å²) in [6, 6.07) is 11.1. The lowest BCUT2D eigenvalue weighted by Gasteiger charge is -2.20. The van der Waals surface area contributed by atoms with Crippen LogP contribution in [0.2, 0.25) is 10.0 Å². The van der Waals surface area contributed by atoms with Gasteiger partial charge in [-0.05, 0) is 29.8 Å². The molecule has 1 atom stereocenters. The minimum Gasteiger partial charge on any atom is -0.467 e. The smallest absolute Gasteiger partial charge is 0.338 e. The van der Waals surface area contributed by atoms with Crippen LogP contribution in [0.15, 0.2) is 42.5 Å². The van der Waals surface area contributed by atoms with E-state index in [1.54, 1.807) is 30.3 Å². The van der Waals surface area contributed by atoms with Crippen LogP contribution >= 0.6 is 23.2 Å². The highest BCUT2D eigenvalue weighted by Crippen LogP contribution is 2.26. The Labute approximate surface area is 159 Å². The Kier molecular flexibility index (Phi) is 5.27. The molecule has 0 radical (unpaired) electrons. The lowest BCUT2D eigenvalue weighted by atomic mass is 10.1. The third kappa shape index (κ3) is 3.44. The molecule has 0 aromatic heterocycles. The molecule has 2 amide bonds. The normalized spacial score (nSPS) is 14.3. The van der Waals surface area contributed by atoms with Crippen LogP contribution in [0, 0.1) is 0 Å². The number of hydroxylamine groups is 2. The maximum Gasteiger partial charge on any atom is 0.338 e. The zero-order valence-corrected chi connectivity index (χ0v) is 15.1. The first-order chi connectivity index (χ1) is 12.4. The van der Waals surface area contributed by atoms with Crippen molar-refractivity contribution in [2.24, 2.45) is 0 Å². The van der Waals surface area contributed by atoms with Gasteiger partial charge in [-0.3, -0.25) is 9.59 Å². The van der Waals surface area contributed by atoms with Crippen molar-refractivity contribution in [3.8, 4) is 0 Å². The Bertz CT molecular complexity index is 864. The Morgan fingerprint density at radius 1 is 1.04 bits per heavy atom. The third-order valence-electron chi connectivity index (χ3n) is 3.86. The number of hydrogen-bond acceptors (Lipinski definition) is 5. The molecule has 26 heavy (non-hydrogen) atoms. The Morgan fingerprint density at radius 2 is 1.65 bits per heavy atom. The van der Waals surface area contributed by atoms with E-state index >= 15 is 0 Å². The number of ether oxygens (including phenoxy) is 1. The molecule has 0 fully saturated rings. The average Bonchev–Trinajstić information content (AvgIpc) is 2.88. The maximum atomic E-state index is 12.4. The van der Waals surface area contributed by atoms with Crippen molar-refractivity contribution < 1.29 is 24.0 Å². The molecule has 0 N–H and O–H groups in total. The number of fused-ring (bicyclic) bond motifs is 1. The van der Waals surface area contributed by atoms with E-state index in [0.717, 1.165) is 0 Å². The van der Waals surface area contributed by atoms with Crippen LogP contribution in [0.4, 0.5) is 0 Å². The fourth-order valence-corrected chi connectivity index (χ4v) is 2.89. The molecule has 8 heteroatoms. The lowest BCUT2D eigenvalue weighted by molar-refractivity contribution is -0.177. The van der Waals surface area contributed by atoms with E-state index in [0.29, 0.717) is 20.7 Å². The summed E-state index contributed by atoms with van der Waals surface area (Å²) in [7, 11) is 1.19. The second kappa shape index (κ2) is 7.45. The molecular weight excluding hydrogens is 381 g/mol. The largest absolute Gasteiger partial charge is 0.467 e. The number of esters is 1. The highest BCUT2D eigenvalue weighted by Gasteiger charge is 2.39. The van der Waals surface area contributed by atoms with Gasteiger partial charge in [-0.15, -0.1) is 5.06 Å². The van der Waals surface area contributed by atoms with Gasteiger partial charge in [0.05, 0.1) is 28.3 Å². The van der Waals surface area contributed by atoms with Crippen molar-refractivity contribution in [3.05, 3.63) is 69.2 Å². The molecule has 1 heterocycles. The molecule has 3 rings (SSSR count). The fraction of sp³-hybridized carbons (Fsp3) is 0.167. The Hall–Kier alpha value is -2.41. The zero-order chi connectivity index (χ0) is 18.8. The fourth-order valence-electron chi connectivity index (χ4n) is 2.57. The van der Waals surface area contributed by atoms with Gasteiger partial charge >= 0.3 is 5.97 Å². The Balaban J connectivity index is 1.83. The topological polar surface area (TPSA) is 72.9 Å². The minimum absolute atomic E-state index is 0.0387. The average molecular weight is 394 g/mol. The van der Waals surface area contributed by atoms with Crippen molar-refractivity contribution in [1.29, 1.82) is 0 Å². The van der Waals surface area contributed by atoms with Crippen LogP contribution in [0.1, 0.15) is 26.3 Å². The zero-order valence-electron chi connectivity index (χ0n) is 13.6. The van der Waals surface area contributed by atoms with Gasteiger partial charge in [0.25, 0.3) is 11.8 Å². The third-order valence-corrected chi connectivity index (χ3v) is 4.60. The molecule has 1 aliphatic rings. The van der Waals surface area contributed by atoms with Gasteiger partial charge in [0.1, 0.15) is 0 Å². The van der Waals surface area contributed by atoms with Crippen LogP contribution in [-0.2, 0) is 20.8 Å². The number of benzene rings is 2. The van der Waals surface area contributed by atoms with E-state index in [1.807, 2.05) is 0 Å². The van der Waals surface area contributed by atoms with Crippen molar-refractivity contribution in [1.82, 2.24) is 5.06 Å². The monoisotopic (exact) mass is 393 g/mol. The second-order valence-electron chi connectivity index (χ2n) is 5.52. The molecule has 0 aliphatic carbocycles. The first-order valence-electron chi connectivity index (χ1n) is 7.58. The van der Waals surface area contributed by atoms with Crippen LogP contribution < -0.4 is 0 Å². The number of amides is 2. The first kappa shape index (κ1) is 18.4. The molecule has 0 saturated carbocycles. The molecule has 0 bridgehead atoms. The summed E-state index contributed by atoms with van der Waals surface area (Å²) in [5.74, 6) is -1.99. The van der Waals surface area contributed by atoms with Crippen molar-refractivity contribution in [2.45, 2.75) is 12.5 Å². The van der Waals surface area contributed by atoms with Crippen molar-refractivity contribution >= 4 is 41.0 Å². The maximum absolute atomic E-state index is 12.4. The number of halogens is 2. The summed E-state index contributed by atoms with van der Waals surface area (Å²) in [6.45, 7) is 0. The number of carbonyl (C=O) groups is 3. The first-order valence-corrected chi connectivity index (χ1v) is 8.34. The number of methoxy groups -OCH3 is 1. The lowest BCUT2D eigenvalue weighted by Crippen LogP contribution is -2.39. The molecular formula is C18H13Cl2NO5. The van der Waals surface area contributed by atoms with E-state index in [1.165, 1.54) is 19.2 Å². The molecule has 6 nitrogen and oxygen atoms in total. The SMILES string of the molecule is COC(=O)C(Cc1ccc(Cl)c(Cl)c1)ON1C(=O)c2ccccc2C1=O. The molecule has 2 aromatic carbocycles. The van der Waals surface area contributed by atoms with E-state index < -0.39 is 23.9 Å². The van der Waals surface area contributed by atoms with Gasteiger partial charge in [-0.2, -0.15) is 0 Å². The Morgan fingerprint density at radius 3 is 2.19 bits per heavy atom. The van der Waals surface area contributed by atoms with E-state index in [2.05, 4.69) is 0 Å². The summed E-state index contributed by atoms with van der Waals surface area (Å²) < 4.78 is 4.72.